The van der Waals surface area contributed by atoms with Crippen LogP contribution in [-0.4, -0.2) is 11.5 Å². The minimum atomic E-state index is -1.44. The summed E-state index contributed by atoms with van der Waals surface area (Å²) >= 11 is 1.43. The lowest BCUT2D eigenvalue weighted by molar-refractivity contribution is 0.432. The summed E-state index contributed by atoms with van der Waals surface area (Å²) in [5.41, 5.74) is 0.879. The standard InChI is InChI=1S/C15H17F3N2S/c1-4-7-19-14(15-8(2)20-9(3)21-15)10-5-6-11(16)13(18)12(10)17/h5-6,14,19H,4,7H2,1-3H3. The van der Waals surface area contributed by atoms with E-state index in [0.29, 0.717) is 6.54 Å². The fraction of sp³-hybridized carbons (Fsp3) is 0.400. The SMILES string of the molecule is CCCNC(c1ccc(F)c(F)c1F)c1sc(C)nc1C. The number of benzene rings is 1. The molecule has 1 heterocycles. The van der Waals surface area contributed by atoms with Gasteiger partial charge in [0, 0.05) is 10.4 Å². The van der Waals surface area contributed by atoms with Gasteiger partial charge in [0.2, 0.25) is 0 Å². The van der Waals surface area contributed by atoms with Crippen molar-refractivity contribution in [1.29, 1.82) is 0 Å². The lowest BCUT2D eigenvalue weighted by Gasteiger charge is -2.19. The molecule has 0 fully saturated rings. The summed E-state index contributed by atoms with van der Waals surface area (Å²) in [7, 11) is 0. The summed E-state index contributed by atoms with van der Waals surface area (Å²) < 4.78 is 40.7. The van der Waals surface area contributed by atoms with Crippen LogP contribution in [0.15, 0.2) is 12.1 Å². The number of halogens is 3. The maximum absolute atomic E-state index is 14.1. The Kier molecular flexibility index (Phi) is 5.00. The first kappa shape index (κ1) is 16.0. The molecule has 1 aromatic carbocycles. The second-order valence-electron chi connectivity index (χ2n) is 4.83. The van der Waals surface area contributed by atoms with Gasteiger partial charge in [-0.2, -0.15) is 0 Å². The first-order valence-corrected chi connectivity index (χ1v) is 7.58. The average molecular weight is 314 g/mol. The Morgan fingerprint density at radius 1 is 1.19 bits per heavy atom. The smallest absolute Gasteiger partial charge is 0.194 e. The fourth-order valence-electron chi connectivity index (χ4n) is 2.21. The molecule has 0 aliphatic rings. The predicted molar refractivity (Wildman–Crippen MR) is 78.0 cm³/mol. The topological polar surface area (TPSA) is 24.9 Å². The molecule has 1 atom stereocenters. The average Bonchev–Trinajstić information content (AvgIpc) is 2.77. The van der Waals surface area contributed by atoms with Gasteiger partial charge < -0.3 is 5.32 Å². The van der Waals surface area contributed by atoms with Gasteiger partial charge in [0.05, 0.1) is 16.7 Å². The van der Waals surface area contributed by atoms with Crippen molar-refractivity contribution in [2.45, 2.75) is 33.2 Å². The van der Waals surface area contributed by atoms with Crippen LogP contribution in [0.1, 0.15) is 40.5 Å². The highest BCUT2D eigenvalue weighted by molar-refractivity contribution is 7.11. The number of hydrogen-bond acceptors (Lipinski definition) is 3. The van der Waals surface area contributed by atoms with Crippen LogP contribution < -0.4 is 5.32 Å². The number of nitrogens with one attached hydrogen (secondary N) is 1. The van der Waals surface area contributed by atoms with Crippen LogP contribution in [0, 0.1) is 31.3 Å². The molecule has 0 aliphatic carbocycles. The lowest BCUT2D eigenvalue weighted by atomic mass is 10.0. The molecule has 1 aromatic heterocycles. The third-order valence-electron chi connectivity index (χ3n) is 3.18. The molecule has 2 nitrogen and oxygen atoms in total. The number of rotatable bonds is 5. The maximum Gasteiger partial charge on any atom is 0.194 e. The third kappa shape index (κ3) is 3.27. The van der Waals surface area contributed by atoms with Gasteiger partial charge in [-0.1, -0.05) is 13.0 Å². The van der Waals surface area contributed by atoms with Crippen LogP contribution >= 0.6 is 11.3 Å². The monoisotopic (exact) mass is 314 g/mol. The van der Waals surface area contributed by atoms with Crippen LogP contribution in [0.3, 0.4) is 0 Å². The van der Waals surface area contributed by atoms with Gasteiger partial charge in [-0.3, -0.25) is 0 Å². The van der Waals surface area contributed by atoms with Crippen LogP contribution in [-0.2, 0) is 0 Å². The largest absolute Gasteiger partial charge is 0.305 e. The lowest BCUT2D eigenvalue weighted by Crippen LogP contribution is -2.24. The number of nitrogens with zero attached hydrogens (tertiary/aromatic N) is 1. The second kappa shape index (κ2) is 6.58. The van der Waals surface area contributed by atoms with E-state index >= 15 is 0 Å². The van der Waals surface area contributed by atoms with Crippen LogP contribution in [0.4, 0.5) is 13.2 Å². The van der Waals surface area contributed by atoms with Gasteiger partial charge in [0.1, 0.15) is 0 Å². The van der Waals surface area contributed by atoms with E-state index in [1.54, 1.807) is 0 Å². The summed E-state index contributed by atoms with van der Waals surface area (Å²) in [4.78, 5) is 5.15. The predicted octanol–water partition coefficient (Wildman–Crippen LogP) is 4.27. The van der Waals surface area contributed by atoms with E-state index in [2.05, 4.69) is 10.3 Å². The molecular formula is C15H17F3N2S. The minimum absolute atomic E-state index is 0.106. The normalized spacial score (nSPS) is 12.7. The van der Waals surface area contributed by atoms with Crippen molar-refractivity contribution in [3.8, 4) is 0 Å². The molecule has 0 saturated heterocycles. The molecule has 21 heavy (non-hydrogen) atoms. The second-order valence-corrected chi connectivity index (χ2v) is 6.07. The summed E-state index contributed by atoms with van der Waals surface area (Å²) in [6.45, 7) is 6.31. The molecule has 114 valence electrons. The van der Waals surface area contributed by atoms with Crippen molar-refractivity contribution in [3.63, 3.8) is 0 Å². The number of hydrogen-bond donors (Lipinski definition) is 1. The van der Waals surface area contributed by atoms with Crippen molar-refractivity contribution in [2.24, 2.45) is 0 Å². The molecule has 0 radical (unpaired) electrons. The van der Waals surface area contributed by atoms with Gasteiger partial charge in [-0.25, -0.2) is 18.2 Å². The van der Waals surface area contributed by atoms with E-state index < -0.39 is 23.5 Å². The molecule has 2 rings (SSSR count). The Hall–Kier alpha value is -1.40. The zero-order valence-corrected chi connectivity index (χ0v) is 13.0. The minimum Gasteiger partial charge on any atom is -0.305 e. The molecule has 0 spiro atoms. The highest BCUT2D eigenvalue weighted by atomic mass is 32.1. The Morgan fingerprint density at radius 3 is 2.48 bits per heavy atom. The van der Waals surface area contributed by atoms with Gasteiger partial charge in [0.15, 0.2) is 17.5 Å². The number of thiazole rings is 1. The molecule has 0 saturated carbocycles. The van der Waals surface area contributed by atoms with Crippen molar-refractivity contribution in [3.05, 3.63) is 50.7 Å². The molecule has 2 aromatic rings. The van der Waals surface area contributed by atoms with Crippen LogP contribution in [0.5, 0.6) is 0 Å². The van der Waals surface area contributed by atoms with E-state index in [4.69, 9.17) is 0 Å². The first-order chi connectivity index (χ1) is 9.95. The number of aromatic nitrogens is 1. The first-order valence-electron chi connectivity index (χ1n) is 6.76. The van der Waals surface area contributed by atoms with E-state index in [9.17, 15) is 13.2 Å². The molecule has 1 N–H and O–H groups in total. The highest BCUT2D eigenvalue weighted by Gasteiger charge is 2.25. The van der Waals surface area contributed by atoms with Gasteiger partial charge in [-0.15, -0.1) is 11.3 Å². The zero-order chi connectivity index (χ0) is 15.6. The maximum atomic E-state index is 14.1. The van der Waals surface area contributed by atoms with Crippen LogP contribution in [0.25, 0.3) is 0 Å². The Bertz CT molecular complexity index is 640. The molecule has 1 unspecified atom stereocenters. The summed E-state index contributed by atoms with van der Waals surface area (Å²) in [6.07, 6.45) is 0.846. The Morgan fingerprint density at radius 2 is 1.90 bits per heavy atom. The number of aryl methyl sites for hydroxylation is 2. The molecule has 0 amide bonds. The Labute approximate surface area is 126 Å². The summed E-state index contributed by atoms with van der Waals surface area (Å²) in [5.74, 6) is -3.76. The van der Waals surface area contributed by atoms with Crippen molar-refractivity contribution < 1.29 is 13.2 Å². The van der Waals surface area contributed by atoms with E-state index in [1.807, 2.05) is 20.8 Å². The fourth-order valence-corrected chi connectivity index (χ4v) is 3.23. The zero-order valence-electron chi connectivity index (χ0n) is 12.1. The van der Waals surface area contributed by atoms with E-state index in [-0.39, 0.29) is 5.56 Å². The molecular weight excluding hydrogens is 297 g/mol. The molecule has 0 bridgehead atoms. The van der Waals surface area contributed by atoms with Gasteiger partial charge >= 0.3 is 0 Å². The van der Waals surface area contributed by atoms with Crippen molar-refractivity contribution >= 4 is 11.3 Å². The van der Waals surface area contributed by atoms with Crippen LogP contribution in [0.2, 0.25) is 0 Å². The van der Waals surface area contributed by atoms with Gasteiger partial charge in [0.25, 0.3) is 0 Å². The van der Waals surface area contributed by atoms with Gasteiger partial charge in [-0.05, 0) is 32.9 Å². The van der Waals surface area contributed by atoms with Crippen molar-refractivity contribution in [2.75, 3.05) is 6.54 Å². The third-order valence-corrected chi connectivity index (χ3v) is 4.31. The summed E-state index contributed by atoms with van der Waals surface area (Å²) in [5, 5.41) is 4.04. The van der Waals surface area contributed by atoms with E-state index in [1.165, 1.54) is 17.4 Å². The quantitative estimate of drug-likeness (QED) is 0.834. The molecule has 0 aliphatic heterocycles. The van der Waals surface area contributed by atoms with Crippen molar-refractivity contribution in [1.82, 2.24) is 10.3 Å². The Balaban J connectivity index is 2.50. The highest BCUT2D eigenvalue weighted by Crippen LogP contribution is 2.32. The molecule has 6 heteroatoms. The summed E-state index contributed by atoms with van der Waals surface area (Å²) in [6, 6.07) is 1.72. The van der Waals surface area contributed by atoms with E-state index in [0.717, 1.165) is 28.1 Å².